The Kier molecular flexibility index (Phi) is 3.93. The monoisotopic (exact) mass is 408 g/mol. The fourth-order valence-electron chi connectivity index (χ4n) is 1.38. The average molecular weight is 409 g/mol. The summed E-state index contributed by atoms with van der Waals surface area (Å²) in [6.07, 6.45) is 2.89. The van der Waals surface area contributed by atoms with Gasteiger partial charge in [0.25, 0.3) is 5.56 Å². The summed E-state index contributed by atoms with van der Waals surface area (Å²) in [5, 5.41) is 0. The van der Waals surface area contributed by atoms with Crippen molar-refractivity contribution < 1.29 is 4.39 Å². The third kappa shape index (κ3) is 2.92. The van der Waals surface area contributed by atoms with E-state index in [0.29, 0.717) is 9.13 Å². The molecule has 3 nitrogen and oxygen atoms in total. The number of aromatic nitrogens is 2. The third-order valence-corrected chi connectivity index (χ3v) is 3.44. The molecule has 0 spiro atoms. The SMILES string of the molecule is O=c1c(I)cncn1Cc1cc(Br)ccc1F. The van der Waals surface area contributed by atoms with Gasteiger partial charge in [-0.25, -0.2) is 9.37 Å². The normalized spacial score (nSPS) is 10.5. The maximum Gasteiger partial charge on any atom is 0.267 e. The Morgan fingerprint density at radius 2 is 2.24 bits per heavy atom. The van der Waals surface area contributed by atoms with Crippen molar-refractivity contribution in [1.82, 2.24) is 9.55 Å². The Bertz CT molecular complexity index is 615. The highest BCUT2D eigenvalue weighted by atomic mass is 127. The summed E-state index contributed by atoms with van der Waals surface area (Å²) in [5.74, 6) is -0.334. The molecule has 0 aliphatic carbocycles. The van der Waals surface area contributed by atoms with Crippen LogP contribution in [0.4, 0.5) is 4.39 Å². The first kappa shape index (κ1) is 12.7. The first-order chi connectivity index (χ1) is 8.08. The van der Waals surface area contributed by atoms with Crippen LogP contribution in [0.1, 0.15) is 5.56 Å². The van der Waals surface area contributed by atoms with Gasteiger partial charge in [-0.3, -0.25) is 9.36 Å². The summed E-state index contributed by atoms with van der Waals surface area (Å²) in [7, 11) is 0. The predicted molar refractivity (Wildman–Crippen MR) is 74.4 cm³/mol. The summed E-state index contributed by atoms with van der Waals surface area (Å²) >= 11 is 5.18. The van der Waals surface area contributed by atoms with Crippen LogP contribution in [0.15, 0.2) is 40.0 Å². The van der Waals surface area contributed by atoms with E-state index in [1.807, 2.05) is 22.6 Å². The van der Waals surface area contributed by atoms with E-state index >= 15 is 0 Å². The summed E-state index contributed by atoms with van der Waals surface area (Å²) in [6.45, 7) is 0.175. The highest BCUT2D eigenvalue weighted by molar-refractivity contribution is 14.1. The lowest BCUT2D eigenvalue weighted by Gasteiger charge is -2.07. The van der Waals surface area contributed by atoms with E-state index in [4.69, 9.17) is 0 Å². The largest absolute Gasteiger partial charge is 0.294 e. The number of rotatable bonds is 2. The van der Waals surface area contributed by atoms with Crippen LogP contribution in [0.2, 0.25) is 0 Å². The molecule has 0 aliphatic rings. The molecule has 0 bridgehead atoms. The van der Waals surface area contributed by atoms with E-state index in [1.54, 1.807) is 12.1 Å². The zero-order chi connectivity index (χ0) is 12.4. The van der Waals surface area contributed by atoms with Crippen LogP contribution in [0.25, 0.3) is 0 Å². The molecule has 0 radical (unpaired) electrons. The second kappa shape index (κ2) is 5.26. The van der Waals surface area contributed by atoms with Gasteiger partial charge in [0.2, 0.25) is 0 Å². The van der Waals surface area contributed by atoms with Gasteiger partial charge in [-0.15, -0.1) is 0 Å². The Balaban J connectivity index is 2.41. The molecule has 1 aromatic carbocycles. The van der Waals surface area contributed by atoms with E-state index in [1.165, 1.54) is 23.2 Å². The van der Waals surface area contributed by atoms with Crippen LogP contribution < -0.4 is 5.56 Å². The van der Waals surface area contributed by atoms with Gasteiger partial charge in [-0.05, 0) is 40.8 Å². The predicted octanol–water partition coefficient (Wildman–Crippen LogP) is 2.80. The molecule has 2 rings (SSSR count). The molecule has 0 fully saturated rings. The summed E-state index contributed by atoms with van der Waals surface area (Å²) in [4.78, 5) is 15.7. The minimum atomic E-state index is -0.334. The molecule has 0 aliphatic heterocycles. The zero-order valence-corrected chi connectivity index (χ0v) is 12.3. The smallest absolute Gasteiger partial charge is 0.267 e. The van der Waals surface area contributed by atoms with E-state index in [9.17, 15) is 9.18 Å². The Morgan fingerprint density at radius 3 is 3.00 bits per heavy atom. The Hall–Kier alpha value is -0.760. The minimum Gasteiger partial charge on any atom is -0.294 e. The van der Waals surface area contributed by atoms with Crippen LogP contribution >= 0.6 is 38.5 Å². The van der Waals surface area contributed by atoms with Crippen LogP contribution in [0, 0.1) is 9.39 Å². The van der Waals surface area contributed by atoms with Crippen LogP contribution in [-0.2, 0) is 6.54 Å². The van der Waals surface area contributed by atoms with Crippen LogP contribution in [0.3, 0.4) is 0 Å². The number of halogens is 3. The van der Waals surface area contributed by atoms with Crippen molar-refractivity contribution in [2.24, 2.45) is 0 Å². The van der Waals surface area contributed by atoms with Gasteiger partial charge < -0.3 is 0 Å². The topological polar surface area (TPSA) is 34.9 Å². The number of hydrogen-bond donors (Lipinski definition) is 0. The second-order valence-corrected chi connectivity index (χ2v) is 5.49. The Labute approximate surface area is 119 Å². The van der Waals surface area contributed by atoms with Gasteiger partial charge in [0.1, 0.15) is 5.82 Å². The maximum atomic E-state index is 13.5. The van der Waals surface area contributed by atoms with Crippen LogP contribution in [0.5, 0.6) is 0 Å². The van der Waals surface area contributed by atoms with Crippen molar-refractivity contribution in [1.29, 1.82) is 0 Å². The highest BCUT2D eigenvalue weighted by Crippen LogP contribution is 2.16. The third-order valence-electron chi connectivity index (χ3n) is 2.21. The molecule has 0 amide bonds. The van der Waals surface area contributed by atoms with E-state index in [0.717, 1.165) is 4.47 Å². The summed E-state index contributed by atoms with van der Waals surface area (Å²) < 4.78 is 16.2. The molecule has 2 aromatic rings. The molecule has 6 heteroatoms. The molecule has 0 N–H and O–H groups in total. The molecule has 0 saturated heterocycles. The van der Waals surface area contributed by atoms with Crippen LogP contribution in [-0.4, -0.2) is 9.55 Å². The lowest BCUT2D eigenvalue weighted by Crippen LogP contribution is -2.23. The molecule has 1 heterocycles. The van der Waals surface area contributed by atoms with Gasteiger partial charge in [0.15, 0.2) is 0 Å². The highest BCUT2D eigenvalue weighted by Gasteiger charge is 2.06. The van der Waals surface area contributed by atoms with Crippen molar-refractivity contribution in [3.63, 3.8) is 0 Å². The summed E-state index contributed by atoms with van der Waals surface area (Å²) in [5.41, 5.74) is 0.283. The lowest BCUT2D eigenvalue weighted by molar-refractivity contribution is 0.593. The molecule has 17 heavy (non-hydrogen) atoms. The van der Waals surface area contributed by atoms with Gasteiger partial charge >= 0.3 is 0 Å². The van der Waals surface area contributed by atoms with Crippen molar-refractivity contribution in [3.8, 4) is 0 Å². The number of hydrogen-bond acceptors (Lipinski definition) is 2. The molecular formula is C11H7BrFIN2O. The molecule has 0 unspecified atom stereocenters. The first-order valence-electron chi connectivity index (χ1n) is 4.72. The fraction of sp³-hybridized carbons (Fsp3) is 0.0909. The zero-order valence-electron chi connectivity index (χ0n) is 8.53. The fourth-order valence-corrected chi connectivity index (χ4v) is 2.26. The lowest BCUT2D eigenvalue weighted by atomic mass is 10.2. The van der Waals surface area contributed by atoms with Gasteiger partial charge in [-0.2, -0.15) is 0 Å². The average Bonchev–Trinajstić information content (AvgIpc) is 2.30. The minimum absolute atomic E-state index is 0.167. The van der Waals surface area contributed by atoms with Gasteiger partial charge in [0.05, 0.1) is 16.4 Å². The number of benzene rings is 1. The van der Waals surface area contributed by atoms with Crippen molar-refractivity contribution >= 4 is 38.5 Å². The first-order valence-corrected chi connectivity index (χ1v) is 6.59. The molecule has 0 atom stereocenters. The van der Waals surface area contributed by atoms with Crippen molar-refractivity contribution in [2.45, 2.75) is 6.54 Å². The van der Waals surface area contributed by atoms with E-state index < -0.39 is 0 Å². The molecule has 88 valence electrons. The van der Waals surface area contributed by atoms with E-state index in [-0.39, 0.29) is 17.9 Å². The maximum absolute atomic E-state index is 13.5. The Morgan fingerprint density at radius 1 is 1.47 bits per heavy atom. The second-order valence-electron chi connectivity index (χ2n) is 3.41. The van der Waals surface area contributed by atoms with Gasteiger partial charge in [-0.1, -0.05) is 15.9 Å². The standard InChI is InChI=1S/C11H7BrFIN2O/c12-8-1-2-9(13)7(3-8)5-16-6-15-4-10(14)11(16)17/h1-4,6H,5H2. The molecule has 1 aromatic heterocycles. The quantitative estimate of drug-likeness (QED) is 0.716. The number of nitrogens with zero attached hydrogens (tertiary/aromatic N) is 2. The summed E-state index contributed by atoms with van der Waals surface area (Å²) in [6, 6.07) is 4.64. The molecular weight excluding hydrogens is 402 g/mol. The van der Waals surface area contributed by atoms with Crippen molar-refractivity contribution in [3.05, 3.63) is 60.5 Å². The van der Waals surface area contributed by atoms with E-state index in [2.05, 4.69) is 20.9 Å². The molecule has 0 saturated carbocycles. The van der Waals surface area contributed by atoms with Gasteiger partial charge in [0, 0.05) is 16.2 Å². The van der Waals surface area contributed by atoms with Crippen molar-refractivity contribution in [2.75, 3.05) is 0 Å².